The van der Waals surface area contributed by atoms with Gasteiger partial charge in [0.15, 0.2) is 0 Å². The second-order valence-corrected chi connectivity index (χ2v) is 11.0. The van der Waals surface area contributed by atoms with E-state index < -0.39 is 11.9 Å². The van der Waals surface area contributed by atoms with Gasteiger partial charge in [-0.05, 0) is 62.8 Å². The number of aliphatic hydroxyl groups excluding tert-OH is 2. The van der Waals surface area contributed by atoms with Gasteiger partial charge in [-0.3, -0.25) is 0 Å². The summed E-state index contributed by atoms with van der Waals surface area (Å²) in [5, 5.41) is 17.6. The molecule has 9 nitrogen and oxygen atoms in total. The number of unbranched alkanes of at least 4 members (excludes halogenated alkanes) is 10. The molecule has 0 saturated carbocycles. The summed E-state index contributed by atoms with van der Waals surface area (Å²) in [6.45, 7) is 6.90. The lowest BCUT2D eigenvalue weighted by atomic mass is 10.1. The van der Waals surface area contributed by atoms with Gasteiger partial charge in [0.25, 0.3) is 0 Å². The Morgan fingerprint density at radius 2 is 1.00 bits per heavy atom. The van der Waals surface area contributed by atoms with Crippen molar-refractivity contribution in [1.29, 1.82) is 0 Å². The number of carbonyl (C=O) groups is 2. The largest absolute Gasteiger partial charge is 0.494 e. The maximum absolute atomic E-state index is 12.4. The third-order valence-electron chi connectivity index (χ3n) is 7.11. The van der Waals surface area contributed by atoms with Gasteiger partial charge in [-0.15, -0.1) is 0 Å². The van der Waals surface area contributed by atoms with Crippen LogP contribution < -0.4 is 0 Å². The summed E-state index contributed by atoms with van der Waals surface area (Å²) in [4.78, 5) is 28.4. The smallest absolute Gasteiger partial charge is 0.333 e. The van der Waals surface area contributed by atoms with E-state index in [-0.39, 0.29) is 26.3 Å². The molecule has 0 aromatic heterocycles. The van der Waals surface area contributed by atoms with Crippen LogP contribution in [-0.2, 0) is 23.8 Å². The molecule has 2 aliphatic heterocycles. The Labute approximate surface area is 246 Å². The summed E-state index contributed by atoms with van der Waals surface area (Å²) in [5.41, 5.74) is 2.07. The Balaban J connectivity index is 1.59. The quantitative estimate of drug-likeness (QED) is 0.105. The zero-order valence-corrected chi connectivity index (χ0v) is 25.3. The van der Waals surface area contributed by atoms with Crippen molar-refractivity contribution in [2.45, 2.75) is 90.9 Å². The van der Waals surface area contributed by atoms with E-state index in [0.29, 0.717) is 26.3 Å². The minimum absolute atomic E-state index is 0.00507. The number of ether oxygens (including phenoxy) is 3. The van der Waals surface area contributed by atoms with Crippen LogP contribution in [0.25, 0.3) is 0 Å². The molecule has 0 unspecified atom stereocenters. The van der Waals surface area contributed by atoms with Crippen molar-refractivity contribution in [2.75, 3.05) is 52.6 Å². The molecule has 0 atom stereocenters. The molecule has 0 radical (unpaired) electrons. The molecule has 2 heterocycles. The molecule has 232 valence electrons. The van der Waals surface area contributed by atoms with Crippen molar-refractivity contribution in [3.05, 3.63) is 47.2 Å². The van der Waals surface area contributed by atoms with Crippen molar-refractivity contribution in [3.8, 4) is 0 Å². The third-order valence-corrected chi connectivity index (χ3v) is 7.11. The van der Waals surface area contributed by atoms with Gasteiger partial charge in [0.2, 0.25) is 0 Å². The van der Waals surface area contributed by atoms with Crippen LogP contribution in [-0.4, -0.2) is 84.6 Å². The molecule has 2 N–H and O–H groups in total. The summed E-state index contributed by atoms with van der Waals surface area (Å²) in [6, 6.07) is 0. The zero-order valence-electron chi connectivity index (χ0n) is 25.3. The molecule has 0 aliphatic carbocycles. The molecule has 0 spiro atoms. The number of allylic oxidation sites excluding steroid dienone is 2. The molecular weight excluding hydrogens is 524 g/mol. The first-order valence-electron chi connectivity index (χ1n) is 15.4. The molecule has 2 rings (SSSR count). The molecule has 0 bridgehead atoms. The van der Waals surface area contributed by atoms with Crippen LogP contribution in [0.4, 0.5) is 0 Å². The predicted octanol–water partition coefficient (Wildman–Crippen LogP) is 4.96. The summed E-state index contributed by atoms with van der Waals surface area (Å²) < 4.78 is 16.9. The van der Waals surface area contributed by atoms with Gasteiger partial charge in [0, 0.05) is 38.7 Å². The van der Waals surface area contributed by atoms with E-state index in [9.17, 15) is 9.59 Å². The Kier molecular flexibility index (Phi) is 17.6. The second-order valence-electron chi connectivity index (χ2n) is 11.0. The van der Waals surface area contributed by atoms with E-state index in [4.69, 9.17) is 24.4 Å². The molecule has 41 heavy (non-hydrogen) atoms. The Morgan fingerprint density at radius 1 is 0.634 bits per heavy atom. The number of nitrogens with zero attached hydrogens (tertiary/aromatic N) is 2. The summed E-state index contributed by atoms with van der Waals surface area (Å²) in [7, 11) is 0. The fraction of sp³-hybridized carbons (Fsp3) is 0.688. The Hall–Kier alpha value is -2.78. The second kappa shape index (κ2) is 21.0. The summed E-state index contributed by atoms with van der Waals surface area (Å²) >= 11 is 0. The van der Waals surface area contributed by atoms with Crippen molar-refractivity contribution < 1.29 is 34.0 Å². The molecule has 0 aromatic rings. The van der Waals surface area contributed by atoms with Crippen LogP contribution in [0.3, 0.4) is 0 Å². The van der Waals surface area contributed by atoms with Gasteiger partial charge in [-0.2, -0.15) is 0 Å². The van der Waals surface area contributed by atoms with Gasteiger partial charge < -0.3 is 34.2 Å². The average Bonchev–Trinajstić information content (AvgIpc) is 2.93. The minimum Gasteiger partial charge on any atom is -0.494 e. The average molecular weight is 577 g/mol. The van der Waals surface area contributed by atoms with Gasteiger partial charge in [-0.1, -0.05) is 51.4 Å². The normalized spacial score (nSPS) is 15.1. The summed E-state index contributed by atoms with van der Waals surface area (Å²) in [5.74, 6) is 0.519. The van der Waals surface area contributed by atoms with Crippen LogP contribution in [0.5, 0.6) is 0 Å². The van der Waals surface area contributed by atoms with Crippen LogP contribution in [0.1, 0.15) is 90.9 Å². The Bertz CT molecular complexity index is 838. The first kappa shape index (κ1) is 34.4. The molecule has 2 aliphatic rings. The molecular formula is C32H52N2O7. The van der Waals surface area contributed by atoms with Crippen molar-refractivity contribution in [3.63, 3.8) is 0 Å². The first-order chi connectivity index (χ1) is 19.9. The van der Waals surface area contributed by atoms with Crippen molar-refractivity contribution >= 4 is 11.9 Å². The fourth-order valence-corrected chi connectivity index (χ4v) is 4.79. The highest BCUT2D eigenvalue weighted by Crippen LogP contribution is 2.18. The van der Waals surface area contributed by atoms with E-state index in [0.717, 1.165) is 99.7 Å². The number of carbonyl (C=O) groups excluding carboxylic acids is 2. The van der Waals surface area contributed by atoms with Crippen LogP contribution in [0.2, 0.25) is 0 Å². The monoisotopic (exact) mass is 576 g/mol. The molecule has 0 aromatic carbocycles. The van der Waals surface area contributed by atoms with Gasteiger partial charge in [0.05, 0.1) is 13.2 Å². The van der Waals surface area contributed by atoms with Gasteiger partial charge >= 0.3 is 11.9 Å². The predicted molar refractivity (Wildman–Crippen MR) is 159 cm³/mol. The van der Waals surface area contributed by atoms with Crippen molar-refractivity contribution in [2.24, 2.45) is 0 Å². The SMILES string of the molecule is CC1=C(OCCCCCCCCO)C=CN(CC(=O)OC(=O)CN2C=CC(OCCCCCCCCO)=C(C)C2)C1. The highest BCUT2D eigenvalue weighted by Gasteiger charge is 2.20. The third kappa shape index (κ3) is 15.1. The molecule has 0 fully saturated rings. The highest BCUT2D eigenvalue weighted by molar-refractivity contribution is 5.87. The standard InChI is InChI=1S/C32H52N2O7/c1-27-23-33(17-15-29(27)39-21-13-9-5-3-7-11-19-35)25-31(37)41-32(38)26-34-18-16-30(28(2)24-34)40-22-14-10-6-4-8-12-20-36/h15-18,35-36H,3-14,19-26H2,1-2H3. The fourth-order valence-electron chi connectivity index (χ4n) is 4.79. The van der Waals surface area contributed by atoms with E-state index in [1.807, 2.05) is 48.2 Å². The first-order valence-corrected chi connectivity index (χ1v) is 15.4. The lowest BCUT2D eigenvalue weighted by Gasteiger charge is -2.26. The number of esters is 2. The van der Waals surface area contributed by atoms with Gasteiger partial charge in [0.1, 0.15) is 24.6 Å². The molecule has 0 saturated heterocycles. The van der Waals surface area contributed by atoms with E-state index in [1.54, 1.807) is 0 Å². The lowest BCUT2D eigenvalue weighted by molar-refractivity contribution is -0.160. The number of aliphatic hydroxyl groups is 2. The summed E-state index contributed by atoms with van der Waals surface area (Å²) in [6.07, 6.45) is 20.1. The van der Waals surface area contributed by atoms with Crippen LogP contribution >= 0.6 is 0 Å². The minimum atomic E-state index is -0.577. The highest BCUT2D eigenvalue weighted by atomic mass is 16.6. The van der Waals surface area contributed by atoms with E-state index in [2.05, 4.69) is 0 Å². The molecule has 9 heteroatoms. The van der Waals surface area contributed by atoms with E-state index >= 15 is 0 Å². The number of hydrogen-bond donors (Lipinski definition) is 2. The zero-order chi connectivity index (χ0) is 29.7. The van der Waals surface area contributed by atoms with Gasteiger partial charge in [-0.25, -0.2) is 9.59 Å². The number of hydrogen-bond acceptors (Lipinski definition) is 9. The maximum atomic E-state index is 12.4. The Morgan fingerprint density at radius 3 is 1.37 bits per heavy atom. The van der Waals surface area contributed by atoms with Crippen molar-refractivity contribution in [1.82, 2.24) is 9.80 Å². The lowest BCUT2D eigenvalue weighted by Crippen LogP contribution is -2.35. The van der Waals surface area contributed by atoms with E-state index in [1.165, 1.54) is 0 Å². The maximum Gasteiger partial charge on any atom is 0.333 e. The number of rotatable bonds is 22. The van der Waals surface area contributed by atoms with Crippen LogP contribution in [0, 0.1) is 0 Å². The topological polar surface area (TPSA) is 109 Å². The van der Waals surface area contributed by atoms with Crippen LogP contribution in [0.15, 0.2) is 47.2 Å². The molecule has 0 amide bonds.